The molecular weight excluding hydrogens is 356 g/mol. The summed E-state index contributed by atoms with van der Waals surface area (Å²) in [6.45, 7) is 3.28. The van der Waals surface area contributed by atoms with Crippen molar-refractivity contribution in [3.05, 3.63) is 29.3 Å². The van der Waals surface area contributed by atoms with Crippen LogP contribution in [0.15, 0.2) is 23.6 Å². The van der Waals surface area contributed by atoms with Crippen LogP contribution in [0, 0.1) is 6.92 Å². The number of rotatable bonds is 3. The number of anilines is 2. The lowest BCUT2D eigenvalue weighted by Gasteiger charge is -2.22. The highest BCUT2D eigenvalue weighted by Crippen LogP contribution is 2.35. The summed E-state index contributed by atoms with van der Waals surface area (Å²) in [4.78, 5) is 30.3. The Morgan fingerprint density at radius 2 is 2.12 bits per heavy atom. The first kappa shape index (κ1) is 16.6. The number of aryl methyl sites for hydroxylation is 1. The van der Waals surface area contributed by atoms with E-state index in [1.807, 2.05) is 18.4 Å². The first-order valence-electron chi connectivity index (χ1n) is 8.28. The van der Waals surface area contributed by atoms with Crippen molar-refractivity contribution < 1.29 is 19.1 Å². The normalized spacial score (nSPS) is 18.7. The summed E-state index contributed by atoms with van der Waals surface area (Å²) in [6.07, 6.45) is 0.249. The zero-order chi connectivity index (χ0) is 18.1. The number of benzene rings is 1. The van der Waals surface area contributed by atoms with E-state index < -0.39 is 0 Å². The number of aromatic nitrogens is 1. The molecule has 2 aliphatic heterocycles. The lowest BCUT2D eigenvalue weighted by Crippen LogP contribution is -2.39. The first-order chi connectivity index (χ1) is 12.6. The Labute approximate surface area is 154 Å². The van der Waals surface area contributed by atoms with E-state index in [4.69, 9.17) is 9.47 Å². The minimum Gasteiger partial charge on any atom is -0.486 e. The second kappa shape index (κ2) is 6.83. The topological polar surface area (TPSA) is 92.8 Å². The van der Waals surface area contributed by atoms with Gasteiger partial charge >= 0.3 is 6.03 Å². The standard InChI is InChI=1S/C17H18N4O4S/c1-10-9-26-17(18-10)20-16(23)19-11-6-15(22)21(8-11)12-2-3-13-14(7-12)25-5-4-24-13/h2-3,7,9,11H,4-6,8H2,1H3,(H2,18,19,20,23)/t11-/m1/s1. The van der Waals surface area contributed by atoms with Gasteiger partial charge in [-0.25, -0.2) is 9.78 Å². The molecule has 3 heterocycles. The molecule has 3 amide bonds. The van der Waals surface area contributed by atoms with E-state index in [9.17, 15) is 9.59 Å². The fraction of sp³-hybridized carbons (Fsp3) is 0.353. The molecule has 1 aromatic heterocycles. The molecule has 0 aliphatic carbocycles. The Bertz CT molecular complexity index is 853. The minimum atomic E-state index is -0.360. The first-order valence-corrected chi connectivity index (χ1v) is 9.16. The molecule has 2 aromatic rings. The quantitative estimate of drug-likeness (QED) is 0.859. The van der Waals surface area contributed by atoms with Crippen LogP contribution in [0.1, 0.15) is 12.1 Å². The highest BCUT2D eigenvalue weighted by molar-refractivity contribution is 7.13. The van der Waals surface area contributed by atoms with Crippen LogP contribution in [-0.2, 0) is 4.79 Å². The number of urea groups is 1. The predicted molar refractivity (Wildman–Crippen MR) is 97.2 cm³/mol. The molecule has 2 aliphatic rings. The number of carbonyl (C=O) groups excluding carboxylic acids is 2. The summed E-state index contributed by atoms with van der Waals surface area (Å²) in [5.74, 6) is 1.27. The Morgan fingerprint density at radius 3 is 2.88 bits per heavy atom. The summed E-state index contributed by atoms with van der Waals surface area (Å²) >= 11 is 1.36. The number of nitrogens with zero attached hydrogens (tertiary/aromatic N) is 2. The van der Waals surface area contributed by atoms with Crippen LogP contribution in [0.3, 0.4) is 0 Å². The van der Waals surface area contributed by atoms with Crippen molar-refractivity contribution in [2.24, 2.45) is 0 Å². The van der Waals surface area contributed by atoms with E-state index in [1.165, 1.54) is 11.3 Å². The van der Waals surface area contributed by atoms with Crippen molar-refractivity contribution in [1.82, 2.24) is 10.3 Å². The van der Waals surface area contributed by atoms with Gasteiger partial charge in [0.1, 0.15) is 13.2 Å². The minimum absolute atomic E-state index is 0.0444. The molecule has 2 N–H and O–H groups in total. The largest absolute Gasteiger partial charge is 0.486 e. The Morgan fingerprint density at radius 1 is 1.31 bits per heavy atom. The predicted octanol–water partition coefficient (Wildman–Crippen LogP) is 2.15. The molecular formula is C17H18N4O4S. The Balaban J connectivity index is 1.39. The molecule has 1 aromatic carbocycles. The van der Waals surface area contributed by atoms with E-state index in [1.54, 1.807) is 17.0 Å². The van der Waals surface area contributed by atoms with Crippen LogP contribution in [0.5, 0.6) is 11.5 Å². The molecule has 0 saturated carbocycles. The van der Waals surface area contributed by atoms with Crippen molar-refractivity contribution in [3.8, 4) is 11.5 Å². The molecule has 9 heteroatoms. The number of thiazole rings is 1. The van der Waals surface area contributed by atoms with Gasteiger partial charge in [-0.15, -0.1) is 11.3 Å². The van der Waals surface area contributed by atoms with E-state index >= 15 is 0 Å². The summed E-state index contributed by atoms with van der Waals surface area (Å²) in [5.41, 5.74) is 1.59. The average Bonchev–Trinajstić information content (AvgIpc) is 3.19. The van der Waals surface area contributed by atoms with E-state index in [-0.39, 0.29) is 24.4 Å². The SMILES string of the molecule is Cc1csc(NC(=O)N[C@@H]2CC(=O)N(c3ccc4c(c3)OCCO4)C2)n1. The van der Waals surface area contributed by atoms with Crippen molar-refractivity contribution in [2.45, 2.75) is 19.4 Å². The van der Waals surface area contributed by atoms with Gasteiger partial charge in [0.2, 0.25) is 5.91 Å². The molecule has 4 rings (SSSR count). The maximum atomic E-state index is 12.4. The second-order valence-corrected chi connectivity index (χ2v) is 6.98. The number of ether oxygens (including phenoxy) is 2. The molecule has 8 nitrogen and oxygen atoms in total. The zero-order valence-electron chi connectivity index (χ0n) is 14.2. The fourth-order valence-electron chi connectivity index (χ4n) is 2.98. The van der Waals surface area contributed by atoms with Crippen LogP contribution in [0.2, 0.25) is 0 Å². The number of hydrogen-bond acceptors (Lipinski definition) is 6. The van der Waals surface area contributed by atoms with Gasteiger partial charge in [0.05, 0.1) is 11.7 Å². The summed E-state index contributed by atoms with van der Waals surface area (Å²) < 4.78 is 11.1. The third-order valence-electron chi connectivity index (χ3n) is 4.14. The van der Waals surface area contributed by atoms with Gasteiger partial charge in [0.25, 0.3) is 0 Å². The number of nitrogens with one attached hydrogen (secondary N) is 2. The smallest absolute Gasteiger partial charge is 0.321 e. The molecule has 1 saturated heterocycles. The summed E-state index contributed by atoms with van der Waals surface area (Å²) in [7, 11) is 0. The van der Waals surface area contributed by atoms with Crippen molar-refractivity contribution in [2.75, 3.05) is 30.0 Å². The highest BCUT2D eigenvalue weighted by Gasteiger charge is 2.32. The van der Waals surface area contributed by atoms with Gasteiger partial charge in [-0.2, -0.15) is 0 Å². The second-order valence-electron chi connectivity index (χ2n) is 6.13. The molecule has 0 radical (unpaired) electrons. The van der Waals surface area contributed by atoms with Crippen LogP contribution in [0.4, 0.5) is 15.6 Å². The monoisotopic (exact) mass is 374 g/mol. The number of amides is 3. The number of fused-ring (bicyclic) bond motifs is 1. The molecule has 26 heavy (non-hydrogen) atoms. The molecule has 0 spiro atoms. The van der Waals surface area contributed by atoms with Crippen LogP contribution in [0.25, 0.3) is 0 Å². The van der Waals surface area contributed by atoms with Crippen LogP contribution < -0.4 is 25.0 Å². The third kappa shape index (κ3) is 3.43. The summed E-state index contributed by atoms with van der Waals surface area (Å²) in [6, 6.07) is 4.80. The van der Waals surface area contributed by atoms with Crippen molar-refractivity contribution in [1.29, 1.82) is 0 Å². The maximum absolute atomic E-state index is 12.4. The van der Waals surface area contributed by atoms with Gasteiger partial charge in [-0.3, -0.25) is 10.1 Å². The molecule has 1 atom stereocenters. The van der Waals surface area contributed by atoms with Gasteiger partial charge < -0.3 is 19.7 Å². The molecule has 1 fully saturated rings. The Kier molecular flexibility index (Phi) is 4.37. The van der Waals surface area contributed by atoms with E-state index in [2.05, 4.69) is 15.6 Å². The van der Waals surface area contributed by atoms with Gasteiger partial charge in [0.15, 0.2) is 16.6 Å². The molecule has 0 unspecified atom stereocenters. The van der Waals surface area contributed by atoms with Gasteiger partial charge in [-0.1, -0.05) is 0 Å². The zero-order valence-corrected chi connectivity index (χ0v) is 15.0. The lowest BCUT2D eigenvalue weighted by molar-refractivity contribution is -0.117. The van der Waals surface area contributed by atoms with Crippen LogP contribution >= 0.6 is 11.3 Å². The maximum Gasteiger partial charge on any atom is 0.321 e. The molecule has 136 valence electrons. The average molecular weight is 374 g/mol. The summed E-state index contributed by atoms with van der Waals surface area (Å²) in [5, 5.41) is 7.91. The highest BCUT2D eigenvalue weighted by atomic mass is 32.1. The fourth-order valence-corrected chi connectivity index (χ4v) is 3.67. The van der Waals surface area contributed by atoms with Crippen LogP contribution in [-0.4, -0.2) is 42.7 Å². The number of hydrogen-bond donors (Lipinski definition) is 2. The van der Waals surface area contributed by atoms with Gasteiger partial charge in [-0.05, 0) is 19.1 Å². The van der Waals surface area contributed by atoms with Crippen molar-refractivity contribution >= 4 is 34.1 Å². The van der Waals surface area contributed by atoms with E-state index in [0.29, 0.717) is 36.4 Å². The van der Waals surface area contributed by atoms with Gasteiger partial charge in [0, 0.05) is 30.1 Å². The van der Waals surface area contributed by atoms with Crippen molar-refractivity contribution in [3.63, 3.8) is 0 Å². The molecule has 0 bridgehead atoms. The Hall–Kier alpha value is -2.81. The van der Waals surface area contributed by atoms with E-state index in [0.717, 1.165) is 11.4 Å². The lowest BCUT2D eigenvalue weighted by atomic mass is 10.2. The third-order valence-corrected chi connectivity index (χ3v) is 5.01. The number of carbonyl (C=O) groups is 2.